The van der Waals surface area contributed by atoms with Crippen molar-refractivity contribution in [3.63, 3.8) is 0 Å². The van der Waals surface area contributed by atoms with Crippen LogP contribution < -0.4 is 20.9 Å². The van der Waals surface area contributed by atoms with Gasteiger partial charge in [0.05, 0.1) is 18.8 Å². The summed E-state index contributed by atoms with van der Waals surface area (Å²) in [5.41, 5.74) is 3.91. The number of nitrogens with zero attached hydrogens (tertiary/aromatic N) is 3. The maximum atomic E-state index is 5.62. The number of hydrogen-bond donors (Lipinski definition) is 2. The third-order valence-electron chi connectivity index (χ3n) is 3.99. The van der Waals surface area contributed by atoms with Crippen molar-refractivity contribution in [2.75, 3.05) is 38.2 Å². The van der Waals surface area contributed by atoms with Gasteiger partial charge in [0.15, 0.2) is 0 Å². The number of nitrogens with two attached hydrogens (primary N) is 1. The highest BCUT2D eigenvalue weighted by Crippen LogP contribution is 2.28. The molecule has 114 valence electrons. The number of aliphatic imine (C=N–C) groups is 1. The second kappa shape index (κ2) is 6.22. The van der Waals surface area contributed by atoms with E-state index >= 15 is 0 Å². The maximum absolute atomic E-state index is 5.62. The van der Waals surface area contributed by atoms with E-state index in [1.165, 1.54) is 12.8 Å². The summed E-state index contributed by atoms with van der Waals surface area (Å²) in [5, 5.41) is 0. The molecule has 0 radical (unpaired) electrons. The third kappa shape index (κ3) is 3.21. The third-order valence-corrected chi connectivity index (χ3v) is 3.99. The van der Waals surface area contributed by atoms with Crippen LogP contribution in [-0.4, -0.2) is 50.2 Å². The molecule has 0 atom stereocenters. The Bertz CT molecular complexity index is 507. The van der Waals surface area contributed by atoms with E-state index in [1.54, 1.807) is 7.11 Å². The minimum atomic E-state index is 0.475. The molecule has 6 nitrogen and oxygen atoms in total. The predicted octanol–water partition coefficient (Wildman–Crippen LogP) is 0.799. The lowest BCUT2D eigenvalue weighted by molar-refractivity contribution is 0.367. The van der Waals surface area contributed by atoms with E-state index in [1.807, 2.05) is 18.2 Å². The number of hydrazine groups is 1. The number of para-hydroxylation sites is 2. The number of hydrogen-bond acceptors (Lipinski definition) is 4. The van der Waals surface area contributed by atoms with Gasteiger partial charge in [0.1, 0.15) is 5.75 Å². The van der Waals surface area contributed by atoms with Gasteiger partial charge < -0.3 is 14.5 Å². The molecule has 1 aliphatic heterocycles. The number of ether oxygens (including phenoxy) is 1. The Hall–Kier alpha value is -1.95. The average Bonchev–Trinajstić information content (AvgIpc) is 3.37. The molecule has 0 bridgehead atoms. The quantitative estimate of drug-likeness (QED) is 0.373. The van der Waals surface area contributed by atoms with Crippen molar-refractivity contribution in [1.82, 2.24) is 10.3 Å². The normalized spacial score (nSPS) is 19.6. The van der Waals surface area contributed by atoms with E-state index in [0.29, 0.717) is 6.04 Å². The molecule has 2 aliphatic rings. The number of benzene rings is 1. The van der Waals surface area contributed by atoms with Gasteiger partial charge in [0, 0.05) is 26.2 Å². The van der Waals surface area contributed by atoms with Crippen LogP contribution in [0.5, 0.6) is 5.75 Å². The van der Waals surface area contributed by atoms with Crippen molar-refractivity contribution in [3.05, 3.63) is 24.3 Å². The van der Waals surface area contributed by atoms with Crippen LogP contribution in [0.1, 0.15) is 12.8 Å². The van der Waals surface area contributed by atoms with Gasteiger partial charge in [-0.3, -0.25) is 5.43 Å². The molecule has 3 N–H and O–H groups in total. The van der Waals surface area contributed by atoms with Crippen molar-refractivity contribution in [1.29, 1.82) is 0 Å². The van der Waals surface area contributed by atoms with E-state index in [2.05, 4.69) is 26.3 Å². The van der Waals surface area contributed by atoms with Crippen LogP contribution in [0.4, 0.5) is 5.69 Å². The molecule has 0 unspecified atom stereocenters. The summed E-state index contributed by atoms with van der Waals surface area (Å²) in [7, 11) is 1.72. The Kier molecular flexibility index (Phi) is 4.15. The zero-order valence-electron chi connectivity index (χ0n) is 12.5. The van der Waals surface area contributed by atoms with Gasteiger partial charge in [-0.05, 0) is 25.0 Å². The van der Waals surface area contributed by atoms with Gasteiger partial charge in [0.25, 0.3) is 0 Å². The van der Waals surface area contributed by atoms with Crippen LogP contribution in [0.2, 0.25) is 0 Å². The van der Waals surface area contributed by atoms with Gasteiger partial charge >= 0.3 is 0 Å². The zero-order chi connectivity index (χ0) is 14.7. The first-order valence-corrected chi connectivity index (χ1v) is 7.49. The number of nitrogens with one attached hydrogen (secondary N) is 1. The molecule has 21 heavy (non-hydrogen) atoms. The van der Waals surface area contributed by atoms with Crippen LogP contribution >= 0.6 is 0 Å². The minimum Gasteiger partial charge on any atom is -0.495 e. The molecule has 2 fully saturated rings. The van der Waals surface area contributed by atoms with Gasteiger partial charge in [-0.1, -0.05) is 12.1 Å². The van der Waals surface area contributed by atoms with Crippen LogP contribution in [0, 0.1) is 0 Å². The number of guanidine groups is 1. The largest absolute Gasteiger partial charge is 0.495 e. The van der Waals surface area contributed by atoms with Gasteiger partial charge in [-0.15, -0.1) is 0 Å². The van der Waals surface area contributed by atoms with E-state index in [4.69, 9.17) is 10.6 Å². The first-order valence-electron chi connectivity index (χ1n) is 7.49. The van der Waals surface area contributed by atoms with Crippen LogP contribution in [0.3, 0.4) is 0 Å². The van der Waals surface area contributed by atoms with Crippen LogP contribution in [0.15, 0.2) is 29.3 Å². The molecule has 1 saturated heterocycles. The summed E-state index contributed by atoms with van der Waals surface area (Å²) in [6.07, 6.45) is 2.37. The molecule has 1 heterocycles. The molecule has 0 aromatic heterocycles. The smallest absolute Gasteiger partial charge is 0.208 e. The molecule has 0 spiro atoms. The summed E-state index contributed by atoms with van der Waals surface area (Å²) in [4.78, 5) is 9.20. The van der Waals surface area contributed by atoms with E-state index in [9.17, 15) is 0 Å². The number of piperazine rings is 1. The molecule has 1 aliphatic carbocycles. The van der Waals surface area contributed by atoms with Crippen molar-refractivity contribution in [3.8, 4) is 5.75 Å². The van der Waals surface area contributed by atoms with Crippen molar-refractivity contribution in [2.24, 2.45) is 10.8 Å². The monoisotopic (exact) mass is 289 g/mol. The highest BCUT2D eigenvalue weighted by molar-refractivity contribution is 5.80. The molecular weight excluding hydrogens is 266 g/mol. The first-order chi connectivity index (χ1) is 10.3. The fraction of sp³-hybridized carbons (Fsp3) is 0.533. The van der Waals surface area contributed by atoms with E-state index in [0.717, 1.165) is 43.6 Å². The zero-order valence-corrected chi connectivity index (χ0v) is 12.5. The highest BCUT2D eigenvalue weighted by Gasteiger charge is 2.25. The van der Waals surface area contributed by atoms with Gasteiger partial charge in [0.2, 0.25) is 5.96 Å². The molecule has 6 heteroatoms. The van der Waals surface area contributed by atoms with Crippen LogP contribution in [-0.2, 0) is 0 Å². The van der Waals surface area contributed by atoms with Gasteiger partial charge in [-0.2, -0.15) is 0 Å². The summed E-state index contributed by atoms with van der Waals surface area (Å²) < 4.78 is 5.44. The topological polar surface area (TPSA) is 66.1 Å². The van der Waals surface area contributed by atoms with E-state index < -0.39 is 0 Å². The average molecular weight is 289 g/mol. The lowest BCUT2D eigenvalue weighted by Crippen LogP contribution is -2.54. The molecule has 1 aromatic rings. The lowest BCUT2D eigenvalue weighted by atomic mass is 10.2. The molecule has 3 rings (SSSR count). The molecular formula is C15H23N5O. The Labute approximate surface area is 125 Å². The summed E-state index contributed by atoms with van der Waals surface area (Å²) >= 11 is 0. The number of rotatable bonds is 3. The molecule has 0 amide bonds. The van der Waals surface area contributed by atoms with Gasteiger partial charge in [-0.25, -0.2) is 10.8 Å². The second-order valence-corrected chi connectivity index (χ2v) is 5.47. The Morgan fingerprint density at radius 2 is 1.95 bits per heavy atom. The first kappa shape index (κ1) is 14.0. The second-order valence-electron chi connectivity index (χ2n) is 5.47. The minimum absolute atomic E-state index is 0.475. The highest BCUT2D eigenvalue weighted by atomic mass is 16.5. The standard InChI is InChI=1S/C15H23N5O/c1-21-14-5-3-2-4-13(14)19-8-10-20(11-9-19)15(18-16)17-12-6-7-12/h2-5,12H,6-11,16H2,1H3,(H,17,18). The summed E-state index contributed by atoms with van der Waals surface area (Å²) in [5.74, 6) is 7.37. The van der Waals surface area contributed by atoms with Crippen LogP contribution in [0.25, 0.3) is 0 Å². The Morgan fingerprint density at radius 3 is 2.57 bits per heavy atom. The van der Waals surface area contributed by atoms with E-state index in [-0.39, 0.29) is 0 Å². The number of anilines is 1. The van der Waals surface area contributed by atoms with Crippen molar-refractivity contribution < 1.29 is 4.74 Å². The van der Waals surface area contributed by atoms with Crippen molar-refractivity contribution >= 4 is 11.6 Å². The van der Waals surface area contributed by atoms with Crippen molar-refractivity contribution in [2.45, 2.75) is 18.9 Å². The fourth-order valence-electron chi connectivity index (χ4n) is 2.64. The number of methoxy groups -OCH3 is 1. The summed E-state index contributed by atoms with van der Waals surface area (Å²) in [6.45, 7) is 3.69. The SMILES string of the molecule is COc1ccccc1N1CCN(C(=NC2CC2)NN)CC1. The lowest BCUT2D eigenvalue weighted by Gasteiger charge is -2.37. The molecule has 1 saturated carbocycles. The fourth-order valence-corrected chi connectivity index (χ4v) is 2.64. The molecule has 1 aromatic carbocycles. The Morgan fingerprint density at radius 1 is 1.24 bits per heavy atom. The summed E-state index contributed by atoms with van der Waals surface area (Å²) in [6, 6.07) is 8.63. The maximum Gasteiger partial charge on any atom is 0.208 e. The predicted molar refractivity (Wildman–Crippen MR) is 84.6 cm³/mol. The Balaban J connectivity index is 1.64.